The molecule has 1 atom stereocenters. The first-order valence-electron chi connectivity index (χ1n) is 6.57. The molecule has 2 aliphatic heterocycles. The third kappa shape index (κ3) is 2.51. The molecule has 4 nitrogen and oxygen atoms in total. The van der Waals surface area contributed by atoms with Crippen LogP contribution in [0.15, 0.2) is 0 Å². The molecule has 2 saturated heterocycles. The summed E-state index contributed by atoms with van der Waals surface area (Å²) in [4.78, 5) is 2.42. The van der Waals surface area contributed by atoms with E-state index in [4.69, 9.17) is 0 Å². The zero-order valence-corrected chi connectivity index (χ0v) is 12.0. The third-order valence-corrected chi connectivity index (χ3v) is 5.62. The highest BCUT2D eigenvalue weighted by Crippen LogP contribution is 2.39. The Hall–Kier alpha value is -0.130. The normalized spacial score (nSPS) is 32.7. The van der Waals surface area contributed by atoms with Crippen molar-refractivity contribution in [2.75, 3.05) is 25.9 Å². The minimum absolute atomic E-state index is 0.101. The SMILES string of the molecule is CC(C)N1CCCC2(CCCN2S(C)(=O)=O)C1. The van der Waals surface area contributed by atoms with Gasteiger partial charge in [-0.25, -0.2) is 8.42 Å². The number of nitrogens with zero attached hydrogens (tertiary/aromatic N) is 2. The van der Waals surface area contributed by atoms with Crippen LogP contribution in [0.1, 0.15) is 39.5 Å². The first-order valence-corrected chi connectivity index (χ1v) is 8.42. The second-order valence-corrected chi connectivity index (χ2v) is 7.74. The lowest BCUT2D eigenvalue weighted by molar-refractivity contribution is 0.0688. The van der Waals surface area contributed by atoms with E-state index in [1.165, 1.54) is 6.26 Å². The van der Waals surface area contributed by atoms with Crippen molar-refractivity contribution in [1.82, 2.24) is 9.21 Å². The predicted molar refractivity (Wildman–Crippen MR) is 69.5 cm³/mol. The minimum atomic E-state index is -3.05. The van der Waals surface area contributed by atoms with E-state index in [0.717, 1.165) is 38.8 Å². The van der Waals surface area contributed by atoms with Crippen LogP contribution in [-0.4, -0.2) is 55.1 Å². The third-order valence-electron chi connectivity index (χ3n) is 4.25. The van der Waals surface area contributed by atoms with Gasteiger partial charge in [0.25, 0.3) is 0 Å². The lowest BCUT2D eigenvalue weighted by Crippen LogP contribution is -2.58. The summed E-state index contributed by atoms with van der Waals surface area (Å²) in [7, 11) is -3.05. The summed E-state index contributed by atoms with van der Waals surface area (Å²) in [6.07, 6.45) is 5.55. The molecule has 2 aliphatic rings. The van der Waals surface area contributed by atoms with Gasteiger partial charge in [-0.05, 0) is 46.1 Å². The Labute approximate surface area is 105 Å². The zero-order chi connectivity index (χ0) is 12.7. The summed E-state index contributed by atoms with van der Waals surface area (Å²) >= 11 is 0. The summed E-state index contributed by atoms with van der Waals surface area (Å²) in [6, 6.07) is 0.509. The van der Waals surface area contributed by atoms with Gasteiger partial charge in [0.2, 0.25) is 10.0 Å². The molecular formula is C12H24N2O2S. The van der Waals surface area contributed by atoms with Gasteiger partial charge in [0.1, 0.15) is 0 Å². The van der Waals surface area contributed by atoms with Gasteiger partial charge in [-0.1, -0.05) is 0 Å². The molecule has 0 saturated carbocycles. The summed E-state index contributed by atoms with van der Waals surface area (Å²) in [5.41, 5.74) is -0.101. The van der Waals surface area contributed by atoms with Gasteiger partial charge in [0.15, 0.2) is 0 Å². The van der Waals surface area contributed by atoms with Gasteiger partial charge in [0.05, 0.1) is 6.26 Å². The molecular weight excluding hydrogens is 236 g/mol. The molecule has 0 amide bonds. The monoisotopic (exact) mass is 260 g/mol. The van der Waals surface area contributed by atoms with Gasteiger partial charge in [0, 0.05) is 24.7 Å². The van der Waals surface area contributed by atoms with Crippen LogP contribution in [0.2, 0.25) is 0 Å². The molecule has 1 unspecified atom stereocenters. The van der Waals surface area contributed by atoms with Crippen molar-refractivity contribution < 1.29 is 8.42 Å². The number of rotatable bonds is 2. The Bertz CT molecular complexity index is 380. The fourth-order valence-electron chi connectivity index (χ4n) is 3.43. The number of hydrogen-bond acceptors (Lipinski definition) is 3. The Balaban J connectivity index is 2.23. The van der Waals surface area contributed by atoms with Crippen molar-refractivity contribution in [2.45, 2.75) is 51.1 Å². The van der Waals surface area contributed by atoms with Crippen LogP contribution in [0.25, 0.3) is 0 Å². The predicted octanol–water partition coefficient (Wildman–Crippen LogP) is 1.28. The fraction of sp³-hybridized carbons (Fsp3) is 1.00. The summed E-state index contributed by atoms with van der Waals surface area (Å²) in [6.45, 7) is 7.12. The number of piperidine rings is 1. The number of likely N-dealkylation sites (tertiary alicyclic amines) is 1. The highest BCUT2D eigenvalue weighted by atomic mass is 32.2. The average molecular weight is 260 g/mol. The van der Waals surface area contributed by atoms with E-state index in [-0.39, 0.29) is 5.54 Å². The highest BCUT2D eigenvalue weighted by Gasteiger charge is 2.47. The first-order chi connectivity index (χ1) is 7.85. The van der Waals surface area contributed by atoms with Crippen molar-refractivity contribution in [2.24, 2.45) is 0 Å². The van der Waals surface area contributed by atoms with Gasteiger partial charge in [-0.2, -0.15) is 4.31 Å². The number of sulfonamides is 1. The molecule has 0 aromatic rings. The van der Waals surface area contributed by atoms with E-state index in [9.17, 15) is 8.42 Å². The zero-order valence-electron chi connectivity index (χ0n) is 11.1. The summed E-state index contributed by atoms with van der Waals surface area (Å²) < 4.78 is 25.6. The second kappa shape index (κ2) is 4.52. The maximum absolute atomic E-state index is 11.9. The van der Waals surface area contributed by atoms with Gasteiger partial charge in [-0.3, -0.25) is 4.90 Å². The van der Waals surface area contributed by atoms with Crippen molar-refractivity contribution in [3.05, 3.63) is 0 Å². The second-order valence-electron chi connectivity index (χ2n) is 5.83. The molecule has 0 aliphatic carbocycles. The van der Waals surface area contributed by atoms with E-state index >= 15 is 0 Å². The standard InChI is InChI=1S/C12H24N2O2S/c1-11(2)13-8-4-6-12(10-13)7-5-9-14(12)17(3,15)16/h11H,4-10H2,1-3H3. The Morgan fingerprint density at radius 2 is 1.71 bits per heavy atom. The molecule has 0 aromatic carbocycles. The molecule has 2 fully saturated rings. The molecule has 1 spiro atoms. The van der Waals surface area contributed by atoms with Crippen molar-refractivity contribution >= 4 is 10.0 Å². The molecule has 100 valence electrons. The molecule has 2 rings (SSSR count). The lowest BCUT2D eigenvalue weighted by Gasteiger charge is -2.46. The summed E-state index contributed by atoms with van der Waals surface area (Å²) in [5.74, 6) is 0. The Morgan fingerprint density at radius 3 is 2.24 bits per heavy atom. The van der Waals surface area contributed by atoms with Crippen LogP contribution >= 0.6 is 0 Å². The van der Waals surface area contributed by atoms with Crippen LogP contribution in [0.4, 0.5) is 0 Å². The molecule has 17 heavy (non-hydrogen) atoms. The van der Waals surface area contributed by atoms with Crippen molar-refractivity contribution in [3.8, 4) is 0 Å². The van der Waals surface area contributed by atoms with Gasteiger partial charge < -0.3 is 0 Å². The summed E-state index contributed by atoms with van der Waals surface area (Å²) in [5, 5.41) is 0. The molecule has 0 radical (unpaired) electrons. The minimum Gasteiger partial charge on any atom is -0.299 e. The largest absolute Gasteiger partial charge is 0.299 e. The molecule has 0 bridgehead atoms. The maximum atomic E-state index is 11.9. The van der Waals surface area contributed by atoms with E-state index in [2.05, 4.69) is 18.7 Å². The van der Waals surface area contributed by atoms with Crippen LogP contribution in [0, 0.1) is 0 Å². The van der Waals surface area contributed by atoms with E-state index < -0.39 is 10.0 Å². The van der Waals surface area contributed by atoms with Gasteiger partial charge in [-0.15, -0.1) is 0 Å². The van der Waals surface area contributed by atoms with E-state index in [1.807, 2.05) is 0 Å². The average Bonchev–Trinajstić information content (AvgIpc) is 2.61. The highest BCUT2D eigenvalue weighted by molar-refractivity contribution is 7.88. The van der Waals surface area contributed by atoms with Crippen LogP contribution in [0.3, 0.4) is 0 Å². The van der Waals surface area contributed by atoms with Crippen LogP contribution in [-0.2, 0) is 10.0 Å². The number of hydrogen-bond donors (Lipinski definition) is 0. The smallest absolute Gasteiger partial charge is 0.211 e. The van der Waals surface area contributed by atoms with Crippen molar-refractivity contribution in [3.63, 3.8) is 0 Å². The fourth-order valence-corrected chi connectivity index (χ4v) is 4.83. The van der Waals surface area contributed by atoms with Crippen LogP contribution < -0.4 is 0 Å². The Morgan fingerprint density at radius 1 is 1.12 bits per heavy atom. The topological polar surface area (TPSA) is 40.6 Å². The molecule has 2 heterocycles. The van der Waals surface area contributed by atoms with Crippen molar-refractivity contribution in [1.29, 1.82) is 0 Å². The molecule has 0 N–H and O–H groups in total. The van der Waals surface area contributed by atoms with E-state index in [1.54, 1.807) is 4.31 Å². The van der Waals surface area contributed by atoms with E-state index in [0.29, 0.717) is 12.6 Å². The lowest BCUT2D eigenvalue weighted by atomic mass is 9.87. The Kier molecular flexibility index (Phi) is 3.54. The molecule has 0 aromatic heterocycles. The molecule has 5 heteroatoms. The van der Waals surface area contributed by atoms with Crippen LogP contribution in [0.5, 0.6) is 0 Å². The van der Waals surface area contributed by atoms with Gasteiger partial charge >= 0.3 is 0 Å². The quantitative estimate of drug-likeness (QED) is 0.751. The first kappa shape index (κ1) is 13.3. The maximum Gasteiger partial charge on any atom is 0.211 e.